The van der Waals surface area contributed by atoms with Gasteiger partial charge in [0.15, 0.2) is 0 Å². The molecule has 0 bridgehead atoms. The third-order valence-electron chi connectivity index (χ3n) is 3.04. The first-order valence-corrected chi connectivity index (χ1v) is 6.26. The Labute approximate surface area is 94.5 Å². The molecule has 15 heavy (non-hydrogen) atoms. The summed E-state index contributed by atoms with van der Waals surface area (Å²) in [4.78, 5) is 0. The lowest BCUT2D eigenvalue weighted by Gasteiger charge is -2.27. The minimum absolute atomic E-state index is 0.354. The van der Waals surface area contributed by atoms with Gasteiger partial charge in [-0.1, -0.05) is 40.0 Å². The molecule has 0 heterocycles. The van der Waals surface area contributed by atoms with Crippen LogP contribution in [-0.4, -0.2) is 12.8 Å². The topological polar surface area (TPSA) is 24.4 Å². The molecule has 0 saturated heterocycles. The van der Waals surface area contributed by atoms with Crippen LogP contribution in [-0.2, 0) is 0 Å². The smallest absolute Gasteiger partial charge is 0.0414 e. The lowest BCUT2D eigenvalue weighted by molar-refractivity contribution is 0.392. The van der Waals surface area contributed by atoms with Gasteiger partial charge in [0.25, 0.3) is 0 Å². The molecule has 1 aliphatic carbocycles. The number of hydrazone groups is 1. The van der Waals surface area contributed by atoms with Gasteiger partial charge >= 0.3 is 0 Å². The van der Waals surface area contributed by atoms with Crippen molar-refractivity contribution in [3.63, 3.8) is 0 Å². The van der Waals surface area contributed by atoms with Gasteiger partial charge in [-0.2, -0.15) is 5.10 Å². The Balaban J connectivity index is 2.60. The third-order valence-corrected chi connectivity index (χ3v) is 3.04. The van der Waals surface area contributed by atoms with Gasteiger partial charge in [0.1, 0.15) is 0 Å². The molecule has 0 amide bonds. The Morgan fingerprint density at radius 2 is 1.80 bits per heavy atom. The van der Waals surface area contributed by atoms with E-state index >= 15 is 0 Å². The first-order valence-electron chi connectivity index (χ1n) is 6.26. The Morgan fingerprint density at radius 3 is 2.27 bits per heavy atom. The molecule has 0 aliphatic heterocycles. The third kappa shape index (κ3) is 4.67. The quantitative estimate of drug-likeness (QED) is 0.559. The van der Waals surface area contributed by atoms with Crippen LogP contribution in [0.15, 0.2) is 5.10 Å². The first-order chi connectivity index (χ1) is 7.03. The molecule has 1 aliphatic rings. The van der Waals surface area contributed by atoms with Crippen LogP contribution in [0.25, 0.3) is 0 Å². The largest absolute Gasteiger partial charge is 0.313 e. The fourth-order valence-electron chi connectivity index (χ4n) is 2.40. The van der Waals surface area contributed by atoms with Crippen LogP contribution in [0, 0.1) is 11.3 Å². The molecule has 0 aromatic heterocycles. The van der Waals surface area contributed by atoms with Crippen LogP contribution in [0.4, 0.5) is 0 Å². The Morgan fingerprint density at radius 1 is 1.20 bits per heavy atom. The van der Waals surface area contributed by atoms with Crippen molar-refractivity contribution in [2.75, 3.05) is 7.05 Å². The minimum atomic E-state index is 0.354. The van der Waals surface area contributed by atoms with Crippen LogP contribution in [0.2, 0.25) is 0 Å². The number of nitrogens with zero attached hydrogens (tertiary/aromatic N) is 1. The Bertz CT molecular complexity index is 207. The van der Waals surface area contributed by atoms with Gasteiger partial charge < -0.3 is 5.43 Å². The number of nitrogens with one attached hydrogen (secondary N) is 1. The number of hydrogen-bond donors (Lipinski definition) is 1. The van der Waals surface area contributed by atoms with E-state index in [9.17, 15) is 0 Å². The van der Waals surface area contributed by atoms with Crippen molar-refractivity contribution in [3.8, 4) is 0 Å². The van der Waals surface area contributed by atoms with E-state index < -0.39 is 0 Å². The molecule has 1 N–H and O–H groups in total. The first kappa shape index (κ1) is 12.5. The molecule has 1 saturated carbocycles. The summed E-state index contributed by atoms with van der Waals surface area (Å²) in [5, 5.41) is 4.50. The second-order valence-electron chi connectivity index (χ2n) is 5.90. The van der Waals surface area contributed by atoms with E-state index in [2.05, 4.69) is 31.3 Å². The number of rotatable bonds is 3. The predicted octanol–water partition coefficient (Wildman–Crippen LogP) is 3.58. The molecule has 0 spiro atoms. The summed E-state index contributed by atoms with van der Waals surface area (Å²) >= 11 is 0. The highest BCUT2D eigenvalue weighted by molar-refractivity contribution is 5.87. The molecule has 0 unspecified atom stereocenters. The second kappa shape index (κ2) is 5.53. The van der Waals surface area contributed by atoms with E-state index in [1.807, 2.05) is 7.05 Å². The standard InChI is InChI=1S/C13H26N2/c1-13(2,3)10-12(15-14-4)11-8-6-5-7-9-11/h11,14H,5-10H2,1-4H3/b15-12+. The highest BCUT2D eigenvalue weighted by Gasteiger charge is 2.23. The van der Waals surface area contributed by atoms with Crippen LogP contribution in [0.1, 0.15) is 59.3 Å². The minimum Gasteiger partial charge on any atom is -0.313 e. The lowest BCUT2D eigenvalue weighted by Crippen LogP contribution is -2.25. The fourth-order valence-corrected chi connectivity index (χ4v) is 2.40. The van der Waals surface area contributed by atoms with Gasteiger partial charge in [0.2, 0.25) is 0 Å². The molecular formula is C13H26N2. The summed E-state index contributed by atoms with van der Waals surface area (Å²) in [6, 6.07) is 0. The molecule has 88 valence electrons. The normalized spacial score (nSPS) is 20.4. The van der Waals surface area contributed by atoms with Crippen LogP contribution < -0.4 is 5.43 Å². The van der Waals surface area contributed by atoms with Crippen molar-refractivity contribution in [2.24, 2.45) is 16.4 Å². The molecule has 0 aromatic rings. The Hall–Kier alpha value is -0.530. The summed E-state index contributed by atoms with van der Waals surface area (Å²) in [5.74, 6) is 0.741. The average molecular weight is 210 g/mol. The van der Waals surface area contributed by atoms with E-state index in [-0.39, 0.29) is 0 Å². The number of hydrogen-bond acceptors (Lipinski definition) is 2. The van der Waals surface area contributed by atoms with Crippen LogP contribution in [0.5, 0.6) is 0 Å². The van der Waals surface area contributed by atoms with Gasteiger partial charge in [-0.15, -0.1) is 0 Å². The molecule has 0 radical (unpaired) electrons. The van der Waals surface area contributed by atoms with Crippen molar-refractivity contribution in [1.29, 1.82) is 0 Å². The summed E-state index contributed by atoms with van der Waals surface area (Å²) in [6.07, 6.45) is 8.00. The van der Waals surface area contributed by atoms with Crippen molar-refractivity contribution in [3.05, 3.63) is 0 Å². The van der Waals surface area contributed by atoms with Gasteiger partial charge in [0, 0.05) is 12.8 Å². The maximum atomic E-state index is 4.50. The van der Waals surface area contributed by atoms with Crippen molar-refractivity contribution >= 4 is 5.71 Å². The van der Waals surface area contributed by atoms with E-state index in [0.29, 0.717) is 5.41 Å². The van der Waals surface area contributed by atoms with Crippen molar-refractivity contribution < 1.29 is 0 Å². The molecule has 1 rings (SSSR count). The molecule has 2 heteroatoms. The van der Waals surface area contributed by atoms with Gasteiger partial charge in [-0.25, -0.2) is 0 Å². The summed E-state index contributed by atoms with van der Waals surface area (Å²) in [7, 11) is 1.91. The average Bonchev–Trinajstić information content (AvgIpc) is 2.17. The van der Waals surface area contributed by atoms with E-state index in [1.165, 1.54) is 37.8 Å². The van der Waals surface area contributed by atoms with Gasteiger partial charge in [-0.05, 0) is 30.6 Å². The Kier molecular flexibility index (Phi) is 4.62. The van der Waals surface area contributed by atoms with E-state index in [0.717, 1.165) is 12.3 Å². The lowest BCUT2D eigenvalue weighted by atomic mass is 9.79. The maximum absolute atomic E-state index is 4.50. The zero-order chi connectivity index (χ0) is 11.3. The van der Waals surface area contributed by atoms with Crippen molar-refractivity contribution in [2.45, 2.75) is 59.3 Å². The monoisotopic (exact) mass is 210 g/mol. The van der Waals surface area contributed by atoms with Crippen molar-refractivity contribution in [1.82, 2.24) is 5.43 Å². The summed E-state index contributed by atoms with van der Waals surface area (Å²) < 4.78 is 0. The summed E-state index contributed by atoms with van der Waals surface area (Å²) in [5.41, 5.74) is 4.72. The zero-order valence-corrected chi connectivity index (χ0v) is 10.8. The maximum Gasteiger partial charge on any atom is 0.0414 e. The SMILES string of the molecule is CN/N=C(\CC(C)(C)C)C1CCCCC1. The summed E-state index contributed by atoms with van der Waals surface area (Å²) in [6.45, 7) is 6.88. The second-order valence-corrected chi connectivity index (χ2v) is 5.90. The molecular weight excluding hydrogens is 184 g/mol. The molecule has 0 atom stereocenters. The van der Waals surface area contributed by atoms with Gasteiger partial charge in [-0.3, -0.25) is 0 Å². The molecule has 1 fully saturated rings. The highest BCUT2D eigenvalue weighted by atomic mass is 15.3. The van der Waals surface area contributed by atoms with E-state index in [1.54, 1.807) is 0 Å². The van der Waals surface area contributed by atoms with Gasteiger partial charge in [0.05, 0.1) is 0 Å². The predicted molar refractivity (Wildman–Crippen MR) is 67.1 cm³/mol. The van der Waals surface area contributed by atoms with Crippen LogP contribution >= 0.6 is 0 Å². The highest BCUT2D eigenvalue weighted by Crippen LogP contribution is 2.30. The van der Waals surface area contributed by atoms with E-state index in [4.69, 9.17) is 0 Å². The fraction of sp³-hybridized carbons (Fsp3) is 0.923. The zero-order valence-electron chi connectivity index (χ0n) is 10.8. The molecule has 0 aromatic carbocycles. The van der Waals surface area contributed by atoms with Crippen LogP contribution in [0.3, 0.4) is 0 Å². The molecule has 2 nitrogen and oxygen atoms in total.